The molecule has 8 rings (SSSR count). The largest absolute Gasteiger partial charge is 0.457 e. The van der Waals surface area contributed by atoms with Crippen molar-refractivity contribution in [2.75, 3.05) is 76.9 Å². The number of anilines is 2. The number of para-hydroxylation sites is 1. The highest BCUT2D eigenvalue weighted by Gasteiger charge is 2.45. The van der Waals surface area contributed by atoms with Crippen LogP contribution in [0.1, 0.15) is 52.4 Å². The molecule has 0 radical (unpaired) electrons. The predicted molar refractivity (Wildman–Crippen MR) is 225 cm³/mol. The van der Waals surface area contributed by atoms with E-state index in [0.29, 0.717) is 76.2 Å². The highest BCUT2D eigenvalue weighted by molar-refractivity contribution is 6.25. The summed E-state index contributed by atoms with van der Waals surface area (Å²) in [7, 11) is 0. The first-order valence-corrected chi connectivity index (χ1v) is 20.4. The minimum Gasteiger partial charge on any atom is -0.457 e. The number of hydrogen-bond acceptors (Lipinski definition) is 13. The molecule has 5 heterocycles. The number of nitrogens with one attached hydrogen (secondary N) is 2. The third-order valence-electron chi connectivity index (χ3n) is 10.9. The van der Waals surface area contributed by atoms with Crippen LogP contribution in [0.25, 0.3) is 22.3 Å². The molecule has 312 valence electrons. The molecular formula is C44H49N9O7. The molecule has 5 aromatic rings. The SMILES string of the molecule is C=C1CCC(N2C(=O)c3cccc(NCCOCCOCCOCCN4CCCC(n5nc(-c6ccc(Oc7ccccc7)cc6)c6c(N)ncnc65)C4)c3C2=O)C(=O)N1. The summed E-state index contributed by atoms with van der Waals surface area (Å²) in [6.45, 7) is 9.44. The van der Waals surface area contributed by atoms with Gasteiger partial charge in [-0.25, -0.2) is 14.6 Å². The molecule has 16 heteroatoms. The molecule has 0 aliphatic carbocycles. The van der Waals surface area contributed by atoms with Crippen LogP contribution < -0.4 is 21.1 Å². The van der Waals surface area contributed by atoms with Gasteiger partial charge in [0, 0.05) is 36.6 Å². The van der Waals surface area contributed by atoms with Crippen molar-refractivity contribution in [3.8, 4) is 22.8 Å². The van der Waals surface area contributed by atoms with Crippen LogP contribution in [0.5, 0.6) is 11.5 Å². The van der Waals surface area contributed by atoms with Crippen LogP contribution in [0, 0.1) is 0 Å². The van der Waals surface area contributed by atoms with Gasteiger partial charge in [0.05, 0.1) is 62.2 Å². The van der Waals surface area contributed by atoms with Crippen LogP contribution >= 0.6 is 0 Å². The van der Waals surface area contributed by atoms with Gasteiger partial charge in [0.2, 0.25) is 5.91 Å². The maximum Gasteiger partial charge on any atom is 0.264 e. The lowest BCUT2D eigenvalue weighted by atomic mass is 10.0. The van der Waals surface area contributed by atoms with Crippen molar-refractivity contribution >= 4 is 40.3 Å². The number of imide groups is 1. The molecule has 4 N–H and O–H groups in total. The van der Waals surface area contributed by atoms with Gasteiger partial charge in [-0.2, -0.15) is 5.10 Å². The average molecular weight is 816 g/mol. The number of nitrogen functional groups attached to an aromatic ring is 1. The van der Waals surface area contributed by atoms with Crippen molar-refractivity contribution < 1.29 is 33.3 Å². The van der Waals surface area contributed by atoms with Gasteiger partial charge in [0.25, 0.3) is 11.8 Å². The zero-order valence-corrected chi connectivity index (χ0v) is 33.4. The lowest BCUT2D eigenvalue weighted by Gasteiger charge is -2.32. The summed E-state index contributed by atoms with van der Waals surface area (Å²) in [5.74, 6) is 0.565. The van der Waals surface area contributed by atoms with Crippen LogP contribution in [0.4, 0.5) is 11.5 Å². The minimum atomic E-state index is -0.855. The van der Waals surface area contributed by atoms with Gasteiger partial charge in [-0.15, -0.1) is 0 Å². The molecular weight excluding hydrogens is 767 g/mol. The maximum atomic E-state index is 13.3. The Morgan fingerprint density at radius 1 is 0.833 bits per heavy atom. The molecule has 2 atom stereocenters. The van der Waals surface area contributed by atoms with Crippen LogP contribution in [0.2, 0.25) is 0 Å². The van der Waals surface area contributed by atoms with Crippen molar-refractivity contribution in [1.82, 2.24) is 34.9 Å². The number of likely N-dealkylation sites (tertiary alicyclic amines) is 1. The number of ether oxygens (including phenoxy) is 4. The first-order valence-electron chi connectivity index (χ1n) is 20.4. The van der Waals surface area contributed by atoms with Crippen molar-refractivity contribution in [3.63, 3.8) is 0 Å². The molecule has 2 saturated heterocycles. The third kappa shape index (κ3) is 9.01. The van der Waals surface area contributed by atoms with E-state index in [-0.39, 0.29) is 17.2 Å². The van der Waals surface area contributed by atoms with Gasteiger partial charge >= 0.3 is 0 Å². The number of fused-ring (bicyclic) bond motifs is 2. The standard InChI is InChI=1S/C44H49N9O7/c1-29-12-17-36(42(54)49-29)52-43(55)34-10-5-11-35(37(34)44(52)56)46-18-21-57-23-25-59-26-24-58-22-20-51-19-6-7-31(27-51)53-41-38(40(45)47-28-48-41)39(50-53)30-13-15-33(16-14-30)60-32-8-3-2-4-9-32/h2-5,8-11,13-16,28,31,36,46H,1,6-7,12,17-27H2,(H,49,54)(H2,45,47,48). The second-order valence-corrected chi connectivity index (χ2v) is 14.9. The summed E-state index contributed by atoms with van der Waals surface area (Å²) >= 11 is 0. The van der Waals surface area contributed by atoms with Gasteiger partial charge in [-0.1, -0.05) is 30.8 Å². The molecule has 3 amide bonds. The fourth-order valence-corrected chi connectivity index (χ4v) is 7.93. The van der Waals surface area contributed by atoms with Crippen LogP contribution in [0.15, 0.2) is 91.4 Å². The Hall–Kier alpha value is -6.20. The second kappa shape index (κ2) is 18.8. The number of hydrogen-bond donors (Lipinski definition) is 3. The summed E-state index contributed by atoms with van der Waals surface area (Å²) < 4.78 is 25.3. The number of piperidine rings is 2. The van der Waals surface area contributed by atoms with Gasteiger partial charge in [0.15, 0.2) is 5.65 Å². The maximum absolute atomic E-state index is 13.3. The number of carbonyl (C=O) groups excluding carboxylic acids is 3. The van der Waals surface area contributed by atoms with E-state index in [1.54, 1.807) is 18.2 Å². The quantitative estimate of drug-likeness (QED) is 0.0788. The topological polar surface area (TPSA) is 188 Å². The van der Waals surface area contributed by atoms with E-state index in [9.17, 15) is 14.4 Å². The molecule has 3 aliphatic rings. The van der Waals surface area contributed by atoms with E-state index in [1.165, 1.54) is 6.33 Å². The predicted octanol–water partition coefficient (Wildman–Crippen LogP) is 5.05. The molecule has 2 fully saturated rings. The summed E-state index contributed by atoms with van der Waals surface area (Å²) in [5, 5.41) is 11.7. The first kappa shape index (κ1) is 40.6. The van der Waals surface area contributed by atoms with Gasteiger partial charge in [-0.05, 0) is 80.8 Å². The number of benzene rings is 3. The number of amides is 3. The van der Waals surface area contributed by atoms with E-state index < -0.39 is 23.8 Å². The summed E-state index contributed by atoms with van der Waals surface area (Å²) in [6, 6.07) is 21.8. The van der Waals surface area contributed by atoms with Crippen LogP contribution in [0.3, 0.4) is 0 Å². The lowest BCUT2D eigenvalue weighted by molar-refractivity contribution is -0.125. The Kier molecular flexibility index (Phi) is 12.7. The Balaban J connectivity index is 0.732. The number of nitrogens with zero attached hydrogens (tertiary/aromatic N) is 6. The highest BCUT2D eigenvalue weighted by Crippen LogP contribution is 2.36. The minimum absolute atomic E-state index is 0.117. The number of aromatic nitrogens is 4. The number of carbonyl (C=O) groups is 3. The zero-order valence-electron chi connectivity index (χ0n) is 33.4. The molecule has 0 bridgehead atoms. The average Bonchev–Trinajstić information content (AvgIpc) is 3.78. The van der Waals surface area contributed by atoms with Crippen molar-refractivity contribution in [3.05, 3.63) is 103 Å². The smallest absolute Gasteiger partial charge is 0.264 e. The molecule has 2 unspecified atom stereocenters. The highest BCUT2D eigenvalue weighted by atomic mass is 16.5. The number of allylic oxidation sites excluding steroid dienone is 1. The molecule has 3 aliphatic heterocycles. The van der Waals surface area contributed by atoms with Crippen molar-refractivity contribution in [2.24, 2.45) is 0 Å². The van der Waals surface area contributed by atoms with Crippen LogP contribution in [-0.2, 0) is 19.0 Å². The Morgan fingerprint density at radius 3 is 2.37 bits per heavy atom. The van der Waals surface area contributed by atoms with Gasteiger partial charge in [-0.3, -0.25) is 24.2 Å². The second-order valence-electron chi connectivity index (χ2n) is 14.9. The fourth-order valence-electron chi connectivity index (χ4n) is 7.93. The van der Waals surface area contributed by atoms with Crippen LogP contribution in [-0.4, -0.2) is 119 Å². The normalized spacial score (nSPS) is 18.2. The summed E-state index contributed by atoms with van der Waals surface area (Å²) in [6.07, 6.45) is 4.35. The van der Waals surface area contributed by atoms with Gasteiger partial charge in [0.1, 0.15) is 35.4 Å². The van der Waals surface area contributed by atoms with E-state index >= 15 is 0 Å². The van der Waals surface area contributed by atoms with E-state index in [4.69, 9.17) is 29.8 Å². The molecule has 0 saturated carbocycles. The van der Waals surface area contributed by atoms with E-state index in [2.05, 4.69) is 32.1 Å². The van der Waals surface area contributed by atoms with Gasteiger partial charge < -0.3 is 35.3 Å². The summed E-state index contributed by atoms with van der Waals surface area (Å²) in [4.78, 5) is 51.4. The lowest BCUT2D eigenvalue weighted by Crippen LogP contribution is -2.51. The fraction of sp³-hybridized carbons (Fsp3) is 0.364. The Morgan fingerprint density at radius 2 is 1.58 bits per heavy atom. The Labute approximate surface area is 347 Å². The first-order chi connectivity index (χ1) is 29.4. The van der Waals surface area contributed by atoms with E-state index in [0.717, 1.165) is 71.2 Å². The van der Waals surface area contributed by atoms with Crippen molar-refractivity contribution in [1.29, 1.82) is 0 Å². The third-order valence-corrected chi connectivity index (χ3v) is 10.9. The van der Waals surface area contributed by atoms with E-state index in [1.807, 2.05) is 59.3 Å². The number of nitrogens with two attached hydrogens (primary N) is 1. The number of rotatable bonds is 18. The van der Waals surface area contributed by atoms with Crippen molar-refractivity contribution in [2.45, 2.75) is 37.8 Å². The summed E-state index contributed by atoms with van der Waals surface area (Å²) in [5.41, 5.74) is 10.5. The molecule has 3 aromatic carbocycles. The molecule has 0 spiro atoms. The molecule has 2 aromatic heterocycles. The molecule has 16 nitrogen and oxygen atoms in total. The monoisotopic (exact) mass is 815 g/mol. The Bertz CT molecular complexity index is 2340. The zero-order chi connectivity index (χ0) is 41.4. The molecule has 60 heavy (non-hydrogen) atoms.